The summed E-state index contributed by atoms with van der Waals surface area (Å²) in [7, 11) is 1.87. The zero-order valence-electron chi connectivity index (χ0n) is 11.1. The van der Waals surface area contributed by atoms with Gasteiger partial charge in [0.1, 0.15) is 11.4 Å². The van der Waals surface area contributed by atoms with Gasteiger partial charge in [-0.05, 0) is 37.4 Å². The molecule has 2 aromatic heterocycles. The minimum absolute atomic E-state index is 0.0902. The Morgan fingerprint density at radius 1 is 1.42 bits per heavy atom. The van der Waals surface area contributed by atoms with Crippen LogP contribution in [-0.2, 0) is 0 Å². The summed E-state index contributed by atoms with van der Waals surface area (Å²) in [5.41, 5.74) is 1.04. The first kappa shape index (κ1) is 13.5. The van der Waals surface area contributed by atoms with Gasteiger partial charge in [-0.3, -0.25) is 0 Å². The van der Waals surface area contributed by atoms with Crippen LogP contribution in [0.2, 0.25) is 0 Å². The Bertz CT molecular complexity index is 581. The molecular formula is C14H16N2O2S. The van der Waals surface area contributed by atoms with Crippen LogP contribution in [0.4, 0.5) is 5.82 Å². The number of aromatic nitrogens is 1. The van der Waals surface area contributed by atoms with Crippen LogP contribution >= 0.6 is 11.3 Å². The van der Waals surface area contributed by atoms with Crippen molar-refractivity contribution >= 4 is 23.1 Å². The molecule has 0 radical (unpaired) electrons. The summed E-state index contributed by atoms with van der Waals surface area (Å²) in [5, 5.41) is 11.3. The average Bonchev–Trinajstić information content (AvgIpc) is 2.90. The Hall–Kier alpha value is -1.88. The lowest BCUT2D eigenvalue weighted by atomic mass is 10.2. The van der Waals surface area contributed by atoms with Crippen molar-refractivity contribution in [3.8, 4) is 0 Å². The fourth-order valence-electron chi connectivity index (χ4n) is 1.88. The second-order valence-corrected chi connectivity index (χ2v) is 5.41. The number of anilines is 1. The number of aromatic carboxylic acids is 1. The number of aryl methyl sites for hydroxylation is 1. The van der Waals surface area contributed by atoms with Crippen molar-refractivity contribution in [2.75, 3.05) is 11.9 Å². The first-order chi connectivity index (χ1) is 9.00. The molecule has 100 valence electrons. The first-order valence-corrected chi connectivity index (χ1v) is 6.86. The van der Waals surface area contributed by atoms with Gasteiger partial charge >= 0.3 is 5.97 Å². The molecule has 0 fully saturated rings. The maximum absolute atomic E-state index is 11.3. The zero-order valence-corrected chi connectivity index (χ0v) is 11.9. The van der Waals surface area contributed by atoms with E-state index in [9.17, 15) is 9.90 Å². The average molecular weight is 276 g/mol. The Morgan fingerprint density at radius 2 is 2.16 bits per heavy atom. The van der Waals surface area contributed by atoms with E-state index in [1.165, 1.54) is 4.88 Å². The molecule has 0 aromatic carbocycles. The van der Waals surface area contributed by atoms with Crippen molar-refractivity contribution < 1.29 is 9.90 Å². The third-order valence-electron chi connectivity index (χ3n) is 3.11. The lowest BCUT2D eigenvalue weighted by molar-refractivity contribution is 0.0697. The number of carboxylic acid groups (broad SMARTS) is 1. The molecule has 0 aliphatic heterocycles. The second kappa shape index (κ2) is 5.40. The smallest absolute Gasteiger partial charge is 0.339 e. The van der Waals surface area contributed by atoms with E-state index in [2.05, 4.69) is 4.98 Å². The van der Waals surface area contributed by atoms with Crippen molar-refractivity contribution in [2.24, 2.45) is 0 Å². The first-order valence-electron chi connectivity index (χ1n) is 5.98. The molecule has 2 aromatic rings. The van der Waals surface area contributed by atoms with Crippen LogP contribution in [0.1, 0.15) is 33.9 Å². The number of nitrogens with zero attached hydrogens (tertiary/aromatic N) is 2. The van der Waals surface area contributed by atoms with Crippen LogP contribution in [0, 0.1) is 6.92 Å². The molecule has 1 N–H and O–H groups in total. The van der Waals surface area contributed by atoms with Crippen LogP contribution < -0.4 is 4.90 Å². The molecule has 0 bridgehead atoms. The summed E-state index contributed by atoms with van der Waals surface area (Å²) in [4.78, 5) is 18.7. The van der Waals surface area contributed by atoms with E-state index in [0.29, 0.717) is 5.82 Å². The summed E-state index contributed by atoms with van der Waals surface area (Å²) >= 11 is 1.66. The lowest BCUT2D eigenvalue weighted by Gasteiger charge is -2.26. The number of thiophene rings is 1. The predicted octanol–water partition coefficient (Wildman–Crippen LogP) is 3.35. The van der Waals surface area contributed by atoms with E-state index in [1.54, 1.807) is 23.5 Å². The van der Waals surface area contributed by atoms with Gasteiger partial charge in [-0.15, -0.1) is 11.3 Å². The molecule has 0 amide bonds. The van der Waals surface area contributed by atoms with Gasteiger partial charge in [-0.2, -0.15) is 0 Å². The van der Waals surface area contributed by atoms with Gasteiger partial charge in [0, 0.05) is 17.6 Å². The summed E-state index contributed by atoms with van der Waals surface area (Å²) in [6, 6.07) is 7.45. The van der Waals surface area contributed by atoms with Gasteiger partial charge in [-0.25, -0.2) is 9.78 Å². The monoisotopic (exact) mass is 276 g/mol. The van der Waals surface area contributed by atoms with E-state index in [-0.39, 0.29) is 11.6 Å². The van der Waals surface area contributed by atoms with Crippen LogP contribution in [0.15, 0.2) is 29.6 Å². The summed E-state index contributed by atoms with van der Waals surface area (Å²) in [6.07, 6.45) is 0. The van der Waals surface area contributed by atoms with Crippen molar-refractivity contribution in [3.05, 3.63) is 45.8 Å². The topological polar surface area (TPSA) is 53.4 Å². The Balaban J connectivity index is 2.40. The van der Waals surface area contributed by atoms with Crippen LogP contribution in [0.25, 0.3) is 0 Å². The summed E-state index contributed by atoms with van der Waals surface area (Å²) < 4.78 is 0. The largest absolute Gasteiger partial charge is 0.478 e. The normalized spacial score (nSPS) is 12.2. The standard InChI is InChI=1S/C14H16N2O2S/c1-9-6-7-11(14(17)18)13(15-9)16(3)10(2)12-5-4-8-19-12/h4-8,10H,1-3H3,(H,17,18). The molecule has 4 nitrogen and oxygen atoms in total. The highest BCUT2D eigenvalue weighted by atomic mass is 32.1. The maximum atomic E-state index is 11.3. The van der Waals surface area contributed by atoms with E-state index in [4.69, 9.17) is 0 Å². The third-order valence-corrected chi connectivity index (χ3v) is 4.16. The van der Waals surface area contributed by atoms with E-state index in [1.807, 2.05) is 43.3 Å². The number of carboxylic acids is 1. The minimum atomic E-state index is -0.951. The number of rotatable bonds is 4. The number of pyridine rings is 1. The summed E-state index contributed by atoms with van der Waals surface area (Å²) in [5.74, 6) is -0.443. The second-order valence-electron chi connectivity index (χ2n) is 4.43. The Kier molecular flexibility index (Phi) is 3.85. The van der Waals surface area contributed by atoms with Crippen LogP contribution in [0.5, 0.6) is 0 Å². The molecule has 1 unspecified atom stereocenters. The highest BCUT2D eigenvalue weighted by Gasteiger charge is 2.20. The molecule has 0 spiro atoms. The van der Waals surface area contributed by atoms with Gasteiger partial charge < -0.3 is 10.0 Å². The predicted molar refractivity (Wildman–Crippen MR) is 77.1 cm³/mol. The highest BCUT2D eigenvalue weighted by molar-refractivity contribution is 7.10. The van der Waals surface area contributed by atoms with Gasteiger partial charge in [0.15, 0.2) is 0 Å². The fourth-order valence-corrected chi connectivity index (χ4v) is 2.71. The van der Waals surface area contributed by atoms with Crippen LogP contribution in [-0.4, -0.2) is 23.1 Å². The molecule has 0 saturated heterocycles. The highest BCUT2D eigenvalue weighted by Crippen LogP contribution is 2.29. The number of hydrogen-bond acceptors (Lipinski definition) is 4. The zero-order chi connectivity index (χ0) is 14.0. The van der Waals surface area contributed by atoms with Gasteiger partial charge in [0.25, 0.3) is 0 Å². The third kappa shape index (κ3) is 2.76. The van der Waals surface area contributed by atoms with Crippen molar-refractivity contribution in [1.82, 2.24) is 4.98 Å². The van der Waals surface area contributed by atoms with Gasteiger partial charge in [-0.1, -0.05) is 6.07 Å². The van der Waals surface area contributed by atoms with Gasteiger partial charge in [0.2, 0.25) is 0 Å². The SMILES string of the molecule is Cc1ccc(C(=O)O)c(N(C)C(C)c2cccs2)n1. The van der Waals surface area contributed by atoms with Crippen LogP contribution in [0.3, 0.4) is 0 Å². The van der Waals surface area contributed by atoms with Crippen molar-refractivity contribution in [1.29, 1.82) is 0 Å². The molecule has 0 aliphatic rings. The maximum Gasteiger partial charge on any atom is 0.339 e. The Morgan fingerprint density at radius 3 is 2.74 bits per heavy atom. The lowest BCUT2D eigenvalue weighted by Crippen LogP contribution is -2.24. The molecule has 19 heavy (non-hydrogen) atoms. The molecule has 2 heterocycles. The molecule has 0 aliphatic carbocycles. The summed E-state index contributed by atoms with van der Waals surface area (Å²) in [6.45, 7) is 3.90. The molecule has 2 rings (SSSR count). The van der Waals surface area contributed by atoms with Crippen molar-refractivity contribution in [2.45, 2.75) is 19.9 Å². The van der Waals surface area contributed by atoms with E-state index in [0.717, 1.165) is 5.69 Å². The van der Waals surface area contributed by atoms with Gasteiger partial charge in [0.05, 0.1) is 6.04 Å². The number of carbonyl (C=O) groups is 1. The number of hydrogen-bond donors (Lipinski definition) is 1. The van der Waals surface area contributed by atoms with E-state index < -0.39 is 5.97 Å². The molecule has 5 heteroatoms. The molecule has 0 saturated carbocycles. The Labute approximate surface area is 116 Å². The minimum Gasteiger partial charge on any atom is -0.478 e. The van der Waals surface area contributed by atoms with E-state index >= 15 is 0 Å². The quantitative estimate of drug-likeness (QED) is 0.930. The van der Waals surface area contributed by atoms with Crippen molar-refractivity contribution in [3.63, 3.8) is 0 Å². The molecular weight excluding hydrogens is 260 g/mol. The molecule has 1 atom stereocenters. The fraction of sp³-hybridized carbons (Fsp3) is 0.286.